The number of benzene rings is 1. The maximum absolute atomic E-state index is 13.4. The highest BCUT2D eigenvalue weighted by molar-refractivity contribution is 6.36. The van der Waals surface area contributed by atoms with E-state index in [1.165, 1.54) is 19.2 Å². The van der Waals surface area contributed by atoms with Crippen molar-refractivity contribution in [3.8, 4) is 0 Å². The Balaban J connectivity index is 2.94. The average molecular weight is 294 g/mol. The first-order chi connectivity index (χ1) is 8.38. The molecule has 1 aromatic rings. The highest BCUT2D eigenvalue weighted by Gasteiger charge is 2.21. The SMILES string of the molecule is COC(=O)[C@H](C)NC(C)c1c(Cl)ccc(F)c1Cl. The molecule has 2 atom stereocenters. The Kier molecular flexibility index (Phi) is 5.38. The van der Waals surface area contributed by atoms with Gasteiger partial charge in [-0.2, -0.15) is 0 Å². The maximum atomic E-state index is 13.4. The molecule has 0 saturated heterocycles. The summed E-state index contributed by atoms with van der Waals surface area (Å²) in [6.07, 6.45) is 0. The minimum absolute atomic E-state index is 0.0421. The number of rotatable bonds is 4. The molecule has 6 heteroatoms. The molecule has 100 valence electrons. The predicted octanol–water partition coefficient (Wildman–Crippen LogP) is 3.34. The van der Waals surface area contributed by atoms with Gasteiger partial charge in [-0.3, -0.25) is 10.1 Å². The van der Waals surface area contributed by atoms with Crippen molar-refractivity contribution in [1.29, 1.82) is 0 Å². The summed E-state index contributed by atoms with van der Waals surface area (Å²) in [5, 5.41) is 3.25. The van der Waals surface area contributed by atoms with Crippen LogP contribution >= 0.6 is 23.2 Å². The van der Waals surface area contributed by atoms with Crippen LogP contribution in [0.3, 0.4) is 0 Å². The Morgan fingerprint density at radius 3 is 2.56 bits per heavy atom. The Morgan fingerprint density at radius 1 is 1.39 bits per heavy atom. The van der Waals surface area contributed by atoms with Crippen molar-refractivity contribution in [2.75, 3.05) is 7.11 Å². The van der Waals surface area contributed by atoms with Crippen LogP contribution in [0.15, 0.2) is 12.1 Å². The molecule has 18 heavy (non-hydrogen) atoms. The summed E-state index contributed by atoms with van der Waals surface area (Å²) in [7, 11) is 1.30. The van der Waals surface area contributed by atoms with Crippen molar-refractivity contribution < 1.29 is 13.9 Å². The molecule has 0 heterocycles. The van der Waals surface area contributed by atoms with Crippen LogP contribution in [0.1, 0.15) is 25.5 Å². The lowest BCUT2D eigenvalue weighted by Gasteiger charge is -2.20. The number of halogens is 3. The zero-order valence-electron chi connectivity index (χ0n) is 10.3. The van der Waals surface area contributed by atoms with Crippen LogP contribution in [0.2, 0.25) is 10.0 Å². The number of methoxy groups -OCH3 is 1. The summed E-state index contributed by atoms with van der Waals surface area (Å²) < 4.78 is 18.0. The molecule has 1 rings (SSSR count). The number of hydrogen-bond donors (Lipinski definition) is 1. The van der Waals surface area contributed by atoms with Crippen LogP contribution in [0.4, 0.5) is 4.39 Å². The lowest BCUT2D eigenvalue weighted by molar-refractivity contribution is -0.142. The number of carbonyl (C=O) groups excluding carboxylic acids is 1. The van der Waals surface area contributed by atoms with Gasteiger partial charge >= 0.3 is 5.97 Å². The van der Waals surface area contributed by atoms with Crippen LogP contribution in [0, 0.1) is 5.82 Å². The lowest BCUT2D eigenvalue weighted by Crippen LogP contribution is -2.36. The van der Waals surface area contributed by atoms with Gasteiger partial charge in [0.15, 0.2) is 0 Å². The predicted molar refractivity (Wildman–Crippen MR) is 69.4 cm³/mol. The average Bonchev–Trinajstić information content (AvgIpc) is 2.33. The largest absolute Gasteiger partial charge is 0.468 e. The normalized spacial score (nSPS) is 14.1. The van der Waals surface area contributed by atoms with Crippen molar-refractivity contribution in [3.05, 3.63) is 33.6 Å². The maximum Gasteiger partial charge on any atom is 0.322 e. The van der Waals surface area contributed by atoms with Gasteiger partial charge in [0.2, 0.25) is 0 Å². The molecule has 3 nitrogen and oxygen atoms in total. The van der Waals surface area contributed by atoms with Crippen LogP contribution in [0.25, 0.3) is 0 Å². The number of esters is 1. The molecule has 0 spiro atoms. The van der Waals surface area contributed by atoms with Gasteiger partial charge in [-0.05, 0) is 26.0 Å². The van der Waals surface area contributed by atoms with E-state index < -0.39 is 17.8 Å². The molecule has 1 unspecified atom stereocenters. The quantitative estimate of drug-likeness (QED) is 0.683. The van der Waals surface area contributed by atoms with Crippen molar-refractivity contribution in [2.45, 2.75) is 25.9 Å². The second kappa shape index (κ2) is 6.36. The Bertz CT molecular complexity index is 454. The third-order valence-electron chi connectivity index (χ3n) is 2.57. The first-order valence-corrected chi connectivity index (χ1v) is 6.11. The topological polar surface area (TPSA) is 38.3 Å². The first-order valence-electron chi connectivity index (χ1n) is 5.35. The van der Waals surface area contributed by atoms with Gasteiger partial charge in [-0.15, -0.1) is 0 Å². The van der Waals surface area contributed by atoms with Crippen molar-refractivity contribution in [2.24, 2.45) is 0 Å². The molecule has 0 aliphatic carbocycles. The third kappa shape index (κ3) is 3.34. The van der Waals surface area contributed by atoms with Crippen LogP contribution < -0.4 is 5.32 Å². The lowest BCUT2D eigenvalue weighted by atomic mass is 10.1. The summed E-state index contributed by atoms with van der Waals surface area (Å²) in [4.78, 5) is 11.3. The van der Waals surface area contributed by atoms with Crippen LogP contribution in [-0.2, 0) is 9.53 Å². The molecular weight excluding hydrogens is 280 g/mol. The van der Waals surface area contributed by atoms with Gasteiger partial charge in [0.25, 0.3) is 0 Å². The number of carbonyl (C=O) groups is 1. The number of hydrogen-bond acceptors (Lipinski definition) is 3. The van der Waals surface area contributed by atoms with E-state index in [1.54, 1.807) is 13.8 Å². The van der Waals surface area contributed by atoms with E-state index in [0.717, 1.165) is 0 Å². The Morgan fingerprint density at radius 2 is 2.00 bits per heavy atom. The molecule has 1 aromatic carbocycles. The van der Waals surface area contributed by atoms with Gasteiger partial charge in [-0.25, -0.2) is 4.39 Å². The summed E-state index contributed by atoms with van der Waals surface area (Å²) in [5.74, 6) is -0.957. The highest BCUT2D eigenvalue weighted by atomic mass is 35.5. The fourth-order valence-corrected chi connectivity index (χ4v) is 2.34. The molecule has 0 fully saturated rings. The van der Waals surface area contributed by atoms with Crippen LogP contribution in [0.5, 0.6) is 0 Å². The summed E-state index contributed by atoms with van der Waals surface area (Å²) in [5.41, 5.74) is 0.425. The Hall–Kier alpha value is -0.840. The highest BCUT2D eigenvalue weighted by Crippen LogP contribution is 2.32. The number of ether oxygens (including phenoxy) is 1. The molecule has 0 aliphatic rings. The zero-order chi connectivity index (χ0) is 13.9. The van der Waals surface area contributed by atoms with E-state index in [2.05, 4.69) is 10.1 Å². The van der Waals surface area contributed by atoms with Crippen molar-refractivity contribution in [1.82, 2.24) is 5.32 Å². The van der Waals surface area contributed by atoms with Crippen LogP contribution in [-0.4, -0.2) is 19.1 Å². The minimum Gasteiger partial charge on any atom is -0.468 e. The smallest absolute Gasteiger partial charge is 0.322 e. The second-order valence-corrected chi connectivity index (χ2v) is 4.68. The monoisotopic (exact) mass is 293 g/mol. The molecule has 0 aliphatic heterocycles. The van der Waals surface area contributed by atoms with E-state index in [1.807, 2.05) is 0 Å². The van der Waals surface area contributed by atoms with E-state index in [4.69, 9.17) is 23.2 Å². The summed E-state index contributed by atoms with van der Waals surface area (Å²) >= 11 is 11.9. The fourth-order valence-electron chi connectivity index (χ4n) is 1.64. The summed E-state index contributed by atoms with van der Waals surface area (Å²) in [6, 6.07) is 1.71. The third-order valence-corrected chi connectivity index (χ3v) is 3.28. The molecule has 1 N–H and O–H groups in total. The molecular formula is C12H14Cl2FNO2. The molecule has 0 amide bonds. The van der Waals surface area contributed by atoms with Crippen molar-refractivity contribution in [3.63, 3.8) is 0 Å². The van der Waals surface area contributed by atoms with E-state index in [9.17, 15) is 9.18 Å². The van der Waals surface area contributed by atoms with E-state index in [-0.39, 0.29) is 11.1 Å². The van der Waals surface area contributed by atoms with Gasteiger partial charge in [0.05, 0.1) is 12.1 Å². The van der Waals surface area contributed by atoms with E-state index >= 15 is 0 Å². The first kappa shape index (κ1) is 15.2. The van der Waals surface area contributed by atoms with Gasteiger partial charge in [0.1, 0.15) is 11.9 Å². The van der Waals surface area contributed by atoms with Gasteiger partial charge in [-0.1, -0.05) is 23.2 Å². The van der Waals surface area contributed by atoms with Crippen molar-refractivity contribution >= 4 is 29.2 Å². The number of nitrogens with one attached hydrogen (secondary N) is 1. The van der Waals surface area contributed by atoms with Gasteiger partial charge in [0, 0.05) is 16.6 Å². The molecule has 0 bridgehead atoms. The second-order valence-electron chi connectivity index (χ2n) is 3.89. The fraction of sp³-hybridized carbons (Fsp3) is 0.417. The minimum atomic E-state index is -0.546. The van der Waals surface area contributed by atoms with E-state index in [0.29, 0.717) is 10.6 Å². The Labute approximate surface area is 115 Å². The zero-order valence-corrected chi connectivity index (χ0v) is 11.8. The molecule has 0 aromatic heterocycles. The summed E-state index contributed by atoms with van der Waals surface area (Å²) in [6.45, 7) is 3.38. The molecule has 0 saturated carbocycles. The molecule has 0 radical (unpaired) electrons. The standard InChI is InChI=1S/C12H14Cl2FNO2/c1-6(16-7(2)12(17)18-3)10-8(13)4-5-9(15)11(10)14/h4-7,16H,1-3H3/t6?,7-/m0/s1. The van der Waals surface area contributed by atoms with Gasteiger partial charge < -0.3 is 4.74 Å².